The summed E-state index contributed by atoms with van der Waals surface area (Å²) in [5, 5.41) is 8.01. The Labute approximate surface area is 110 Å². The normalized spacial score (nSPS) is 32.0. The largest absolute Gasteiger partial charge is 0.314 e. The second-order valence-electron chi connectivity index (χ2n) is 6.08. The van der Waals surface area contributed by atoms with Crippen molar-refractivity contribution in [1.29, 1.82) is 0 Å². The molecule has 18 heavy (non-hydrogen) atoms. The van der Waals surface area contributed by atoms with E-state index < -0.39 is 0 Å². The molecule has 1 heterocycles. The van der Waals surface area contributed by atoms with Gasteiger partial charge in [0.2, 0.25) is 0 Å². The van der Waals surface area contributed by atoms with E-state index in [2.05, 4.69) is 23.5 Å². The molecular weight excluding hydrogens is 222 g/mol. The Balaban J connectivity index is 1.65. The zero-order valence-electron chi connectivity index (χ0n) is 11.6. The first kappa shape index (κ1) is 12.2. The number of fused-ring (bicyclic) bond motifs is 1. The fourth-order valence-electron chi connectivity index (χ4n) is 4.08. The smallest absolute Gasteiger partial charge is 0.0522 e. The minimum Gasteiger partial charge on any atom is -0.314 e. The number of aryl methyl sites for hydroxylation is 1. The van der Waals surface area contributed by atoms with Gasteiger partial charge in [-0.25, -0.2) is 0 Å². The fourth-order valence-corrected chi connectivity index (χ4v) is 4.08. The number of nitrogens with one attached hydrogen (secondary N) is 1. The van der Waals surface area contributed by atoms with Gasteiger partial charge in [0.15, 0.2) is 0 Å². The number of likely N-dealkylation sites (N-methyl/N-ethyl adjacent to an activating group) is 1. The number of rotatable bonds is 5. The lowest BCUT2D eigenvalue weighted by atomic mass is 10.0. The Morgan fingerprint density at radius 2 is 2.11 bits per heavy atom. The third kappa shape index (κ3) is 2.33. The summed E-state index contributed by atoms with van der Waals surface area (Å²) >= 11 is 0. The van der Waals surface area contributed by atoms with Crippen LogP contribution in [-0.4, -0.2) is 22.4 Å². The maximum Gasteiger partial charge on any atom is 0.0522 e. The minimum absolute atomic E-state index is 0.673. The molecule has 0 spiro atoms. The first-order valence-electron chi connectivity index (χ1n) is 7.50. The zero-order chi connectivity index (χ0) is 12.5. The molecule has 0 saturated heterocycles. The lowest BCUT2D eigenvalue weighted by Gasteiger charge is -2.17. The Morgan fingerprint density at radius 3 is 2.67 bits per heavy atom. The fraction of sp³-hybridized carbons (Fsp3) is 0.800. The summed E-state index contributed by atoms with van der Waals surface area (Å²) in [5.74, 6) is 2.99. The molecule has 2 aliphatic rings. The second kappa shape index (κ2) is 5.04. The van der Waals surface area contributed by atoms with E-state index in [4.69, 9.17) is 0 Å². The van der Waals surface area contributed by atoms with Gasteiger partial charge in [-0.05, 0) is 49.1 Å². The third-order valence-corrected chi connectivity index (χ3v) is 4.87. The van der Waals surface area contributed by atoms with Gasteiger partial charge in [-0.1, -0.05) is 19.8 Å². The van der Waals surface area contributed by atoms with Crippen LogP contribution in [0, 0.1) is 17.8 Å². The predicted molar refractivity (Wildman–Crippen MR) is 73.3 cm³/mol. The zero-order valence-corrected chi connectivity index (χ0v) is 11.6. The average molecular weight is 247 g/mol. The highest BCUT2D eigenvalue weighted by Crippen LogP contribution is 2.57. The van der Waals surface area contributed by atoms with Crippen molar-refractivity contribution < 1.29 is 0 Å². The minimum atomic E-state index is 0.673. The summed E-state index contributed by atoms with van der Waals surface area (Å²) in [7, 11) is 2.00. The molecule has 0 aromatic carbocycles. The maximum atomic E-state index is 4.29. The third-order valence-electron chi connectivity index (χ3n) is 4.87. The summed E-state index contributed by atoms with van der Waals surface area (Å²) < 4.78 is 1.91. The Kier molecular flexibility index (Phi) is 3.42. The number of nitrogens with zero attached hydrogens (tertiary/aromatic N) is 2. The van der Waals surface area contributed by atoms with Gasteiger partial charge in [-0.2, -0.15) is 5.10 Å². The van der Waals surface area contributed by atoms with E-state index in [1.54, 1.807) is 0 Å². The Hall–Kier alpha value is -0.830. The lowest BCUT2D eigenvalue weighted by Crippen LogP contribution is -2.34. The standard InChI is InChI=1S/C15H25N3/c1-3-16-14(8-11-9-17-18(2)10-11)15-12-6-4-5-7-13(12)15/h9-10,12-16H,3-8H2,1-2H3. The highest BCUT2D eigenvalue weighted by atomic mass is 15.2. The van der Waals surface area contributed by atoms with Crippen LogP contribution in [0.15, 0.2) is 12.4 Å². The molecule has 0 radical (unpaired) electrons. The molecule has 1 aromatic rings. The van der Waals surface area contributed by atoms with Crippen LogP contribution >= 0.6 is 0 Å². The van der Waals surface area contributed by atoms with E-state index >= 15 is 0 Å². The molecule has 0 bridgehead atoms. The molecule has 2 aliphatic carbocycles. The summed E-state index contributed by atoms with van der Waals surface area (Å²) in [4.78, 5) is 0. The molecule has 3 rings (SSSR count). The van der Waals surface area contributed by atoms with Gasteiger partial charge in [0.25, 0.3) is 0 Å². The van der Waals surface area contributed by atoms with Crippen molar-refractivity contribution in [1.82, 2.24) is 15.1 Å². The van der Waals surface area contributed by atoms with Gasteiger partial charge in [-0.3, -0.25) is 4.68 Å². The monoisotopic (exact) mass is 247 g/mol. The molecule has 3 nitrogen and oxygen atoms in total. The van der Waals surface area contributed by atoms with Gasteiger partial charge in [0.05, 0.1) is 6.20 Å². The first-order valence-corrected chi connectivity index (χ1v) is 7.50. The van der Waals surface area contributed by atoms with Gasteiger partial charge in [-0.15, -0.1) is 0 Å². The summed E-state index contributed by atoms with van der Waals surface area (Å²) in [6.07, 6.45) is 11.2. The molecular formula is C15H25N3. The summed E-state index contributed by atoms with van der Waals surface area (Å²) in [6, 6.07) is 0.673. The highest BCUT2D eigenvalue weighted by molar-refractivity contribution is 5.12. The van der Waals surface area contributed by atoms with Crippen molar-refractivity contribution in [2.24, 2.45) is 24.8 Å². The predicted octanol–water partition coefficient (Wildman–Crippen LogP) is 2.38. The molecule has 3 unspecified atom stereocenters. The maximum absolute atomic E-state index is 4.29. The van der Waals surface area contributed by atoms with Crippen LogP contribution in [0.1, 0.15) is 38.2 Å². The molecule has 2 fully saturated rings. The summed E-state index contributed by atoms with van der Waals surface area (Å²) in [5.41, 5.74) is 1.38. The molecule has 3 heteroatoms. The average Bonchev–Trinajstić information content (AvgIpc) is 2.96. The number of hydrogen-bond acceptors (Lipinski definition) is 2. The van der Waals surface area contributed by atoms with Crippen LogP contribution < -0.4 is 5.32 Å². The molecule has 0 amide bonds. The van der Waals surface area contributed by atoms with Crippen LogP contribution in [0.2, 0.25) is 0 Å². The van der Waals surface area contributed by atoms with Gasteiger partial charge >= 0.3 is 0 Å². The van der Waals surface area contributed by atoms with E-state index in [9.17, 15) is 0 Å². The van der Waals surface area contributed by atoms with Crippen molar-refractivity contribution in [3.8, 4) is 0 Å². The van der Waals surface area contributed by atoms with Crippen molar-refractivity contribution in [3.63, 3.8) is 0 Å². The van der Waals surface area contributed by atoms with Gasteiger partial charge < -0.3 is 5.32 Å². The van der Waals surface area contributed by atoms with E-state index in [0.717, 1.165) is 30.7 Å². The van der Waals surface area contributed by atoms with Crippen LogP contribution in [0.5, 0.6) is 0 Å². The Morgan fingerprint density at radius 1 is 1.39 bits per heavy atom. The number of hydrogen-bond donors (Lipinski definition) is 1. The van der Waals surface area contributed by atoms with E-state index in [1.165, 1.54) is 31.2 Å². The first-order chi connectivity index (χ1) is 8.79. The topological polar surface area (TPSA) is 29.9 Å². The van der Waals surface area contributed by atoms with Crippen LogP contribution in [0.4, 0.5) is 0 Å². The van der Waals surface area contributed by atoms with Gasteiger partial charge in [0, 0.05) is 19.3 Å². The molecule has 0 aliphatic heterocycles. The van der Waals surface area contributed by atoms with Crippen LogP contribution in [0.3, 0.4) is 0 Å². The molecule has 1 N–H and O–H groups in total. The molecule has 3 atom stereocenters. The van der Waals surface area contributed by atoms with E-state index in [1.807, 2.05) is 17.9 Å². The highest BCUT2D eigenvalue weighted by Gasteiger charge is 2.53. The lowest BCUT2D eigenvalue weighted by molar-refractivity contribution is 0.437. The Bertz CT molecular complexity index is 386. The molecule has 1 aromatic heterocycles. The van der Waals surface area contributed by atoms with E-state index in [-0.39, 0.29) is 0 Å². The van der Waals surface area contributed by atoms with Crippen LogP contribution in [0.25, 0.3) is 0 Å². The number of aromatic nitrogens is 2. The SMILES string of the molecule is CCNC(Cc1cnn(C)c1)C1C2CCCCC21. The second-order valence-corrected chi connectivity index (χ2v) is 6.08. The van der Waals surface area contributed by atoms with Gasteiger partial charge in [0.1, 0.15) is 0 Å². The summed E-state index contributed by atoms with van der Waals surface area (Å²) in [6.45, 7) is 3.31. The van der Waals surface area contributed by atoms with Crippen LogP contribution in [-0.2, 0) is 13.5 Å². The van der Waals surface area contributed by atoms with E-state index in [0.29, 0.717) is 6.04 Å². The molecule has 100 valence electrons. The quantitative estimate of drug-likeness (QED) is 0.866. The van der Waals surface area contributed by atoms with Crippen molar-refractivity contribution >= 4 is 0 Å². The van der Waals surface area contributed by atoms with Crippen molar-refractivity contribution in [2.75, 3.05) is 6.54 Å². The van der Waals surface area contributed by atoms with Crippen molar-refractivity contribution in [3.05, 3.63) is 18.0 Å². The molecule has 2 saturated carbocycles. The van der Waals surface area contributed by atoms with Crippen molar-refractivity contribution in [2.45, 2.75) is 45.1 Å².